The van der Waals surface area contributed by atoms with Crippen molar-refractivity contribution >= 4 is 34.7 Å². The van der Waals surface area contributed by atoms with E-state index in [2.05, 4.69) is 0 Å². The lowest BCUT2D eigenvalue weighted by Crippen LogP contribution is -2.24. The van der Waals surface area contributed by atoms with Crippen molar-refractivity contribution in [2.75, 3.05) is 0 Å². The van der Waals surface area contributed by atoms with Gasteiger partial charge in [0.15, 0.2) is 5.78 Å². The van der Waals surface area contributed by atoms with Crippen LogP contribution >= 0.6 is 23.2 Å². The number of rotatable bonds is 4. The molecule has 0 bridgehead atoms. The highest BCUT2D eigenvalue weighted by molar-refractivity contribution is 6.37. The number of hydrogen-bond donors (Lipinski definition) is 1. The second kappa shape index (κ2) is 5.28. The summed E-state index contributed by atoms with van der Waals surface area (Å²) in [6.45, 7) is 0. The minimum absolute atomic E-state index is 0.00970. The summed E-state index contributed by atoms with van der Waals surface area (Å²) in [6, 6.07) is 3.83. The molecule has 3 nitrogen and oxygen atoms in total. The maximum atomic E-state index is 13.4. The molecule has 1 aromatic rings. The second-order valence-corrected chi connectivity index (χ2v) is 5.22. The molecule has 0 aliphatic heterocycles. The van der Waals surface area contributed by atoms with Crippen LogP contribution in [0.5, 0.6) is 0 Å². The number of nitrogens with zero attached hydrogens (tertiary/aromatic N) is 1. The van der Waals surface area contributed by atoms with E-state index in [0.29, 0.717) is 0 Å². The van der Waals surface area contributed by atoms with Crippen molar-refractivity contribution in [1.82, 2.24) is 0 Å². The molecule has 1 fully saturated rings. The number of nitriles is 1. The van der Waals surface area contributed by atoms with Crippen LogP contribution in [0.25, 0.3) is 0 Å². The van der Waals surface area contributed by atoms with E-state index < -0.39 is 17.5 Å². The van der Waals surface area contributed by atoms with Gasteiger partial charge < -0.3 is 5.41 Å². The highest BCUT2D eigenvalue weighted by Crippen LogP contribution is 2.34. The first-order valence-electron chi connectivity index (χ1n) is 5.62. The first kappa shape index (κ1) is 14.0. The fraction of sp³-hybridized carbons (Fsp3) is 0.308. The summed E-state index contributed by atoms with van der Waals surface area (Å²) in [6.07, 6.45) is 1.63. The minimum Gasteiger partial charge on any atom is -0.308 e. The summed E-state index contributed by atoms with van der Waals surface area (Å²) < 4.78 is 13.4. The smallest absolute Gasteiger partial charge is 0.187 e. The van der Waals surface area contributed by atoms with E-state index in [1.807, 2.05) is 0 Å². The van der Waals surface area contributed by atoms with Gasteiger partial charge in [-0.1, -0.05) is 23.2 Å². The molecule has 0 radical (unpaired) electrons. The highest BCUT2D eigenvalue weighted by Gasteiger charge is 2.36. The molecule has 98 valence electrons. The number of nitrogens with one attached hydrogen (secondary N) is 1. The minimum atomic E-state index is -1.20. The van der Waals surface area contributed by atoms with Gasteiger partial charge in [0.2, 0.25) is 0 Å². The van der Waals surface area contributed by atoms with Crippen molar-refractivity contribution in [3.8, 4) is 6.07 Å². The molecule has 0 amide bonds. The molecule has 0 spiro atoms. The Kier molecular flexibility index (Phi) is 3.88. The molecular formula is C13H9Cl2FN2O. The molecule has 19 heavy (non-hydrogen) atoms. The van der Waals surface area contributed by atoms with Crippen LogP contribution < -0.4 is 0 Å². The van der Waals surface area contributed by atoms with Crippen LogP contribution in [0, 0.1) is 34.4 Å². The van der Waals surface area contributed by atoms with E-state index in [1.165, 1.54) is 0 Å². The standard InChI is InChI=1S/C13H9Cl2FN2O/c14-9-4-10(15)11(16)3-7(9)13(19)8(5-17)12(18)6-1-2-6/h3-4,6,8,18H,1-2H2. The monoisotopic (exact) mass is 298 g/mol. The fourth-order valence-corrected chi connectivity index (χ4v) is 2.24. The molecule has 1 aliphatic rings. The van der Waals surface area contributed by atoms with Gasteiger partial charge in [0.05, 0.1) is 16.1 Å². The molecular weight excluding hydrogens is 290 g/mol. The lowest BCUT2D eigenvalue weighted by Gasteiger charge is -2.11. The zero-order valence-electron chi connectivity index (χ0n) is 9.71. The second-order valence-electron chi connectivity index (χ2n) is 4.40. The van der Waals surface area contributed by atoms with E-state index in [4.69, 9.17) is 33.9 Å². The maximum absolute atomic E-state index is 13.4. The first-order valence-corrected chi connectivity index (χ1v) is 6.38. The van der Waals surface area contributed by atoms with Crippen molar-refractivity contribution in [3.63, 3.8) is 0 Å². The number of hydrogen-bond acceptors (Lipinski definition) is 3. The molecule has 1 N–H and O–H groups in total. The van der Waals surface area contributed by atoms with E-state index in [1.54, 1.807) is 6.07 Å². The van der Waals surface area contributed by atoms with Gasteiger partial charge in [-0.3, -0.25) is 4.79 Å². The van der Waals surface area contributed by atoms with Crippen molar-refractivity contribution in [2.24, 2.45) is 11.8 Å². The van der Waals surface area contributed by atoms with Gasteiger partial charge in [0.1, 0.15) is 11.7 Å². The summed E-state index contributed by atoms with van der Waals surface area (Å²) in [5, 5.41) is 16.6. The molecule has 6 heteroatoms. The van der Waals surface area contributed by atoms with Crippen LogP contribution in [0.4, 0.5) is 4.39 Å². The van der Waals surface area contributed by atoms with Crippen molar-refractivity contribution in [2.45, 2.75) is 12.8 Å². The molecule has 1 aromatic carbocycles. The molecule has 1 atom stereocenters. The Hall–Kier alpha value is -1.44. The summed E-state index contributed by atoms with van der Waals surface area (Å²) in [4.78, 5) is 12.2. The average Bonchev–Trinajstić information content (AvgIpc) is 3.18. The Bertz CT molecular complexity index is 605. The predicted molar refractivity (Wildman–Crippen MR) is 70.3 cm³/mol. The van der Waals surface area contributed by atoms with Gasteiger partial charge in [-0.25, -0.2) is 4.39 Å². The Morgan fingerprint density at radius 1 is 1.42 bits per heavy atom. The van der Waals surface area contributed by atoms with Gasteiger partial charge in [-0.2, -0.15) is 5.26 Å². The first-order chi connectivity index (χ1) is 8.95. The van der Waals surface area contributed by atoms with Crippen LogP contribution in [0.3, 0.4) is 0 Å². The van der Waals surface area contributed by atoms with E-state index >= 15 is 0 Å². The SMILES string of the molecule is N#CC(C(=N)C1CC1)C(=O)c1cc(F)c(Cl)cc1Cl. The Morgan fingerprint density at radius 3 is 2.58 bits per heavy atom. The molecule has 1 unspecified atom stereocenters. The lowest BCUT2D eigenvalue weighted by atomic mass is 9.92. The van der Waals surface area contributed by atoms with E-state index in [9.17, 15) is 9.18 Å². The third-order valence-electron chi connectivity index (χ3n) is 2.99. The Morgan fingerprint density at radius 2 is 2.05 bits per heavy atom. The van der Waals surface area contributed by atoms with Crippen LogP contribution in [0.15, 0.2) is 12.1 Å². The fourth-order valence-electron chi connectivity index (χ4n) is 1.77. The van der Waals surface area contributed by atoms with Gasteiger partial charge in [-0.15, -0.1) is 0 Å². The quantitative estimate of drug-likeness (QED) is 0.521. The normalized spacial score (nSPS) is 15.7. The van der Waals surface area contributed by atoms with Crippen LogP contribution in [-0.4, -0.2) is 11.5 Å². The lowest BCUT2D eigenvalue weighted by molar-refractivity contribution is 0.0973. The number of carbonyl (C=O) groups excluding carboxylic acids is 1. The number of carbonyl (C=O) groups is 1. The summed E-state index contributed by atoms with van der Waals surface area (Å²) in [5.74, 6) is -2.64. The predicted octanol–water partition coefficient (Wildman–Crippen LogP) is 3.88. The largest absolute Gasteiger partial charge is 0.308 e. The Balaban J connectivity index is 2.35. The summed E-state index contributed by atoms with van der Waals surface area (Å²) in [5.41, 5.74) is -0.0283. The van der Waals surface area contributed by atoms with Crippen LogP contribution in [0.2, 0.25) is 10.0 Å². The third-order valence-corrected chi connectivity index (χ3v) is 3.60. The number of ketones is 1. The zero-order valence-corrected chi connectivity index (χ0v) is 11.2. The highest BCUT2D eigenvalue weighted by atomic mass is 35.5. The van der Waals surface area contributed by atoms with Crippen molar-refractivity contribution in [3.05, 3.63) is 33.6 Å². The number of halogens is 3. The zero-order chi connectivity index (χ0) is 14.2. The van der Waals surface area contributed by atoms with Gasteiger partial charge in [0, 0.05) is 11.3 Å². The Labute approximate surface area is 119 Å². The summed E-state index contributed by atoms with van der Waals surface area (Å²) >= 11 is 11.4. The third kappa shape index (κ3) is 2.78. The molecule has 1 saturated carbocycles. The molecule has 0 aromatic heterocycles. The van der Waals surface area contributed by atoms with Crippen molar-refractivity contribution in [1.29, 1.82) is 10.7 Å². The maximum Gasteiger partial charge on any atom is 0.187 e. The van der Waals surface area contributed by atoms with E-state index in [-0.39, 0.29) is 27.2 Å². The molecule has 0 saturated heterocycles. The van der Waals surface area contributed by atoms with Crippen molar-refractivity contribution < 1.29 is 9.18 Å². The summed E-state index contributed by atoms with van der Waals surface area (Å²) in [7, 11) is 0. The van der Waals surface area contributed by atoms with Gasteiger partial charge in [0.25, 0.3) is 0 Å². The van der Waals surface area contributed by atoms with Crippen LogP contribution in [0.1, 0.15) is 23.2 Å². The molecule has 0 heterocycles. The van der Waals surface area contributed by atoms with E-state index in [0.717, 1.165) is 25.0 Å². The number of Topliss-reactive ketones (excluding diaryl/α,β-unsaturated/α-hetero) is 1. The molecule has 2 rings (SSSR count). The van der Waals surface area contributed by atoms with Gasteiger partial charge >= 0.3 is 0 Å². The number of benzene rings is 1. The van der Waals surface area contributed by atoms with Gasteiger partial charge in [-0.05, 0) is 30.9 Å². The molecule has 1 aliphatic carbocycles. The topological polar surface area (TPSA) is 64.7 Å². The average molecular weight is 299 g/mol. The van der Waals surface area contributed by atoms with Crippen LogP contribution in [-0.2, 0) is 0 Å².